The van der Waals surface area contributed by atoms with E-state index in [1.54, 1.807) is 12.6 Å². The maximum Gasteiger partial charge on any atom is 0.317 e. The van der Waals surface area contributed by atoms with E-state index in [9.17, 15) is 4.79 Å². The van der Waals surface area contributed by atoms with Crippen molar-refractivity contribution in [3.05, 3.63) is 35.8 Å². The number of urea groups is 1. The van der Waals surface area contributed by atoms with Gasteiger partial charge in [0.05, 0.1) is 12.8 Å². The van der Waals surface area contributed by atoms with Gasteiger partial charge in [-0.05, 0) is 12.5 Å². The highest BCUT2D eigenvalue weighted by Gasteiger charge is 2.20. The van der Waals surface area contributed by atoms with Crippen molar-refractivity contribution < 1.29 is 9.21 Å². The van der Waals surface area contributed by atoms with E-state index in [-0.39, 0.29) is 6.03 Å². The van der Waals surface area contributed by atoms with Gasteiger partial charge in [0, 0.05) is 38.0 Å². The summed E-state index contributed by atoms with van der Waals surface area (Å²) in [4.78, 5) is 14.2. The molecule has 2 aromatic heterocycles. The number of amides is 2. The van der Waals surface area contributed by atoms with Crippen molar-refractivity contribution in [1.29, 1.82) is 0 Å². The van der Waals surface area contributed by atoms with Gasteiger partial charge < -0.3 is 19.2 Å². The van der Waals surface area contributed by atoms with Crippen molar-refractivity contribution >= 4 is 6.03 Å². The van der Waals surface area contributed by atoms with E-state index in [2.05, 4.69) is 15.5 Å². The van der Waals surface area contributed by atoms with Crippen molar-refractivity contribution in [3.63, 3.8) is 0 Å². The maximum absolute atomic E-state index is 12.3. The van der Waals surface area contributed by atoms with E-state index in [0.29, 0.717) is 19.6 Å². The third-order valence-corrected chi connectivity index (χ3v) is 3.96. The van der Waals surface area contributed by atoms with Crippen LogP contribution in [-0.4, -0.2) is 38.8 Å². The maximum atomic E-state index is 12.3. The Morgan fingerprint density at radius 3 is 3.27 bits per heavy atom. The quantitative estimate of drug-likeness (QED) is 0.930. The van der Waals surface area contributed by atoms with Crippen LogP contribution in [0.25, 0.3) is 0 Å². The standard InChI is InChI=1S/C15H21N5O2/c1-2-14-18-17-11-20(14)8-6-16-15(21)19-7-3-4-13-12(10-19)5-9-22-13/h5,9,11H,2-4,6-8,10H2,1H3,(H,16,21). The van der Waals surface area contributed by atoms with Gasteiger partial charge in [-0.2, -0.15) is 0 Å². The number of rotatable bonds is 4. The molecule has 2 aromatic rings. The van der Waals surface area contributed by atoms with Crippen LogP contribution in [0.5, 0.6) is 0 Å². The highest BCUT2D eigenvalue weighted by atomic mass is 16.3. The van der Waals surface area contributed by atoms with E-state index in [0.717, 1.165) is 43.0 Å². The van der Waals surface area contributed by atoms with Gasteiger partial charge in [-0.25, -0.2) is 4.79 Å². The zero-order chi connectivity index (χ0) is 15.4. The molecule has 22 heavy (non-hydrogen) atoms. The number of nitrogens with zero attached hydrogens (tertiary/aromatic N) is 4. The molecule has 0 radical (unpaired) electrons. The van der Waals surface area contributed by atoms with Crippen LogP contribution in [0.2, 0.25) is 0 Å². The lowest BCUT2D eigenvalue weighted by molar-refractivity contribution is 0.195. The number of furan rings is 1. The van der Waals surface area contributed by atoms with Gasteiger partial charge in [0.1, 0.15) is 17.9 Å². The summed E-state index contributed by atoms with van der Waals surface area (Å²) in [7, 11) is 0. The predicted octanol–water partition coefficient (Wildman–Crippen LogP) is 1.59. The normalized spacial score (nSPS) is 14.5. The summed E-state index contributed by atoms with van der Waals surface area (Å²) in [5.41, 5.74) is 1.11. The molecule has 0 aliphatic carbocycles. The van der Waals surface area contributed by atoms with Crippen LogP contribution in [0.4, 0.5) is 4.79 Å². The number of hydrogen-bond donors (Lipinski definition) is 1. The first-order valence-corrected chi connectivity index (χ1v) is 7.72. The minimum atomic E-state index is -0.0276. The monoisotopic (exact) mass is 303 g/mol. The second-order valence-electron chi connectivity index (χ2n) is 5.42. The third kappa shape index (κ3) is 3.13. The van der Waals surface area contributed by atoms with Crippen molar-refractivity contribution in [2.24, 2.45) is 0 Å². The van der Waals surface area contributed by atoms with Crippen molar-refractivity contribution in [3.8, 4) is 0 Å². The molecule has 0 saturated carbocycles. The first-order chi connectivity index (χ1) is 10.8. The highest BCUT2D eigenvalue weighted by molar-refractivity contribution is 5.74. The molecule has 0 saturated heterocycles. The average Bonchev–Trinajstić information content (AvgIpc) is 3.11. The number of nitrogens with one attached hydrogen (secondary N) is 1. The summed E-state index contributed by atoms with van der Waals surface area (Å²) >= 11 is 0. The van der Waals surface area contributed by atoms with E-state index in [1.807, 2.05) is 22.5 Å². The van der Waals surface area contributed by atoms with Gasteiger partial charge in [-0.3, -0.25) is 0 Å². The van der Waals surface area contributed by atoms with Crippen molar-refractivity contribution in [2.75, 3.05) is 13.1 Å². The summed E-state index contributed by atoms with van der Waals surface area (Å²) in [5, 5.41) is 10.9. The Bertz CT molecular complexity index is 633. The average molecular weight is 303 g/mol. The third-order valence-electron chi connectivity index (χ3n) is 3.96. The molecular formula is C15H21N5O2. The van der Waals surface area contributed by atoms with Gasteiger partial charge in [-0.1, -0.05) is 6.92 Å². The lowest BCUT2D eigenvalue weighted by atomic mass is 10.2. The number of carbonyl (C=O) groups excluding carboxylic acids is 1. The van der Waals surface area contributed by atoms with Gasteiger partial charge >= 0.3 is 6.03 Å². The zero-order valence-corrected chi connectivity index (χ0v) is 12.8. The fourth-order valence-corrected chi connectivity index (χ4v) is 2.75. The van der Waals surface area contributed by atoms with Crippen LogP contribution in [0, 0.1) is 0 Å². The van der Waals surface area contributed by atoms with E-state index in [1.165, 1.54) is 0 Å². The van der Waals surface area contributed by atoms with E-state index < -0.39 is 0 Å². The molecule has 1 aliphatic rings. The predicted molar refractivity (Wildman–Crippen MR) is 80.2 cm³/mol. The number of aromatic nitrogens is 3. The summed E-state index contributed by atoms with van der Waals surface area (Å²) in [6.45, 7) is 4.66. The summed E-state index contributed by atoms with van der Waals surface area (Å²) in [6.07, 6.45) is 6.06. The second-order valence-corrected chi connectivity index (χ2v) is 5.42. The minimum Gasteiger partial charge on any atom is -0.469 e. The van der Waals surface area contributed by atoms with Crippen LogP contribution in [-0.2, 0) is 25.9 Å². The molecule has 3 rings (SSSR count). The molecular weight excluding hydrogens is 282 g/mol. The number of hydrogen-bond acceptors (Lipinski definition) is 4. The first kappa shape index (κ1) is 14.6. The molecule has 0 aromatic carbocycles. The molecule has 7 heteroatoms. The van der Waals surface area contributed by atoms with Crippen LogP contribution >= 0.6 is 0 Å². The molecule has 0 fully saturated rings. The van der Waals surface area contributed by atoms with Crippen LogP contribution < -0.4 is 5.32 Å². The Morgan fingerprint density at radius 2 is 2.41 bits per heavy atom. The summed E-state index contributed by atoms with van der Waals surface area (Å²) < 4.78 is 7.41. The van der Waals surface area contributed by atoms with Gasteiger partial charge in [0.15, 0.2) is 0 Å². The Hall–Kier alpha value is -2.31. The van der Waals surface area contributed by atoms with Crippen molar-refractivity contribution in [1.82, 2.24) is 25.0 Å². The Balaban J connectivity index is 1.52. The zero-order valence-electron chi connectivity index (χ0n) is 12.8. The van der Waals surface area contributed by atoms with E-state index >= 15 is 0 Å². The summed E-state index contributed by atoms with van der Waals surface area (Å²) in [6, 6.07) is 1.92. The fourth-order valence-electron chi connectivity index (χ4n) is 2.75. The van der Waals surface area contributed by atoms with Crippen LogP contribution in [0.3, 0.4) is 0 Å². The minimum absolute atomic E-state index is 0.0276. The first-order valence-electron chi connectivity index (χ1n) is 7.72. The Morgan fingerprint density at radius 1 is 1.50 bits per heavy atom. The molecule has 0 atom stereocenters. The largest absolute Gasteiger partial charge is 0.469 e. The van der Waals surface area contributed by atoms with Gasteiger partial charge in [0.25, 0.3) is 0 Å². The molecule has 1 aliphatic heterocycles. The molecule has 118 valence electrons. The molecule has 1 N–H and O–H groups in total. The number of carbonyl (C=O) groups is 1. The number of fused-ring (bicyclic) bond motifs is 1. The molecule has 2 amide bonds. The van der Waals surface area contributed by atoms with Crippen molar-refractivity contribution in [2.45, 2.75) is 39.3 Å². The molecule has 7 nitrogen and oxygen atoms in total. The Kier molecular flexibility index (Phi) is 4.41. The Labute approximate surface area is 129 Å². The second kappa shape index (κ2) is 6.64. The summed E-state index contributed by atoms with van der Waals surface area (Å²) in [5.74, 6) is 1.94. The fraction of sp³-hybridized carbons (Fsp3) is 0.533. The molecule has 0 unspecified atom stereocenters. The number of aryl methyl sites for hydroxylation is 2. The molecule has 0 bridgehead atoms. The van der Waals surface area contributed by atoms with Gasteiger partial charge in [0.2, 0.25) is 0 Å². The lowest BCUT2D eigenvalue weighted by Gasteiger charge is -2.21. The molecule has 3 heterocycles. The molecule has 0 spiro atoms. The van der Waals surface area contributed by atoms with Crippen LogP contribution in [0.1, 0.15) is 30.5 Å². The highest BCUT2D eigenvalue weighted by Crippen LogP contribution is 2.19. The SMILES string of the molecule is CCc1nncn1CCNC(=O)N1CCCc2occc2C1. The van der Waals surface area contributed by atoms with Crippen LogP contribution in [0.15, 0.2) is 23.1 Å². The topological polar surface area (TPSA) is 76.2 Å². The van der Waals surface area contributed by atoms with Gasteiger partial charge in [-0.15, -0.1) is 10.2 Å². The smallest absolute Gasteiger partial charge is 0.317 e. The van der Waals surface area contributed by atoms with E-state index in [4.69, 9.17) is 4.42 Å². The lowest BCUT2D eigenvalue weighted by Crippen LogP contribution is -2.40.